The summed E-state index contributed by atoms with van der Waals surface area (Å²) < 4.78 is 39.3. The van der Waals surface area contributed by atoms with E-state index in [2.05, 4.69) is 4.98 Å². The number of alkyl halides is 3. The SMILES string of the molecule is N#Cc1c(N)[nH]c(=O)c(C#N)c1-c1ccccc1-c1cccc(C(F)(F)F)c1. The van der Waals surface area contributed by atoms with Gasteiger partial charge in [-0.3, -0.25) is 4.79 Å². The number of H-pyrrole nitrogens is 1. The fourth-order valence-corrected chi connectivity index (χ4v) is 2.93. The van der Waals surface area contributed by atoms with Gasteiger partial charge in [0.15, 0.2) is 0 Å². The van der Waals surface area contributed by atoms with E-state index in [4.69, 9.17) is 5.73 Å². The molecule has 8 heteroatoms. The number of anilines is 1. The van der Waals surface area contributed by atoms with E-state index in [9.17, 15) is 28.5 Å². The molecule has 0 radical (unpaired) electrons. The molecule has 5 nitrogen and oxygen atoms in total. The van der Waals surface area contributed by atoms with Gasteiger partial charge in [0.2, 0.25) is 0 Å². The third kappa shape index (κ3) is 3.19. The number of nitrogens with one attached hydrogen (secondary N) is 1. The zero-order valence-electron chi connectivity index (χ0n) is 14.1. The van der Waals surface area contributed by atoms with Gasteiger partial charge in [-0.2, -0.15) is 23.7 Å². The fourth-order valence-electron chi connectivity index (χ4n) is 2.93. The average Bonchev–Trinajstić information content (AvgIpc) is 2.67. The molecule has 0 aliphatic carbocycles. The lowest BCUT2D eigenvalue weighted by Crippen LogP contribution is -2.16. The lowest BCUT2D eigenvalue weighted by Gasteiger charge is -2.15. The van der Waals surface area contributed by atoms with Gasteiger partial charge >= 0.3 is 6.18 Å². The maximum absolute atomic E-state index is 13.1. The van der Waals surface area contributed by atoms with Gasteiger partial charge in [-0.25, -0.2) is 0 Å². The van der Waals surface area contributed by atoms with Crippen molar-refractivity contribution in [1.29, 1.82) is 10.5 Å². The number of nitrogens with zero attached hydrogens (tertiary/aromatic N) is 2. The van der Waals surface area contributed by atoms with Crippen LogP contribution in [0, 0.1) is 22.7 Å². The number of halogens is 3. The molecule has 3 aromatic rings. The third-order valence-corrected chi connectivity index (χ3v) is 4.17. The summed E-state index contributed by atoms with van der Waals surface area (Å²) in [5.41, 5.74) is 4.42. The molecule has 0 spiro atoms. The molecule has 138 valence electrons. The van der Waals surface area contributed by atoms with Crippen LogP contribution < -0.4 is 11.3 Å². The Morgan fingerprint density at radius 3 is 2.18 bits per heavy atom. The predicted octanol–water partition coefficient (Wildman–Crippen LogP) is 4.05. The summed E-state index contributed by atoms with van der Waals surface area (Å²) in [6.45, 7) is 0. The Morgan fingerprint density at radius 2 is 1.57 bits per heavy atom. The molecule has 0 fully saturated rings. The smallest absolute Gasteiger partial charge is 0.384 e. The van der Waals surface area contributed by atoms with Crippen LogP contribution in [0.1, 0.15) is 16.7 Å². The normalized spacial score (nSPS) is 10.9. The van der Waals surface area contributed by atoms with Gasteiger partial charge in [-0.05, 0) is 28.8 Å². The van der Waals surface area contributed by atoms with E-state index in [-0.39, 0.29) is 33.6 Å². The molecule has 3 rings (SSSR count). The molecule has 0 atom stereocenters. The van der Waals surface area contributed by atoms with Gasteiger partial charge in [0.1, 0.15) is 29.1 Å². The first-order valence-corrected chi connectivity index (χ1v) is 7.91. The summed E-state index contributed by atoms with van der Waals surface area (Å²) in [7, 11) is 0. The van der Waals surface area contributed by atoms with Crippen LogP contribution in [0.5, 0.6) is 0 Å². The van der Waals surface area contributed by atoms with Gasteiger partial charge in [-0.15, -0.1) is 0 Å². The van der Waals surface area contributed by atoms with Crippen LogP contribution in [-0.2, 0) is 6.18 Å². The quantitative estimate of drug-likeness (QED) is 0.699. The highest BCUT2D eigenvalue weighted by atomic mass is 19.4. The summed E-state index contributed by atoms with van der Waals surface area (Å²) in [5.74, 6) is -0.222. The lowest BCUT2D eigenvalue weighted by molar-refractivity contribution is -0.137. The van der Waals surface area contributed by atoms with Crippen molar-refractivity contribution in [2.75, 3.05) is 5.73 Å². The molecule has 0 bridgehead atoms. The first-order chi connectivity index (χ1) is 13.3. The van der Waals surface area contributed by atoms with Crippen molar-refractivity contribution < 1.29 is 13.2 Å². The van der Waals surface area contributed by atoms with Crippen LogP contribution in [0.25, 0.3) is 22.3 Å². The molecule has 0 aliphatic heterocycles. The van der Waals surface area contributed by atoms with Gasteiger partial charge in [-0.1, -0.05) is 36.4 Å². The molecule has 1 heterocycles. The molecular weight excluding hydrogens is 369 g/mol. The number of nitriles is 2. The Labute approximate surface area is 157 Å². The summed E-state index contributed by atoms with van der Waals surface area (Å²) >= 11 is 0. The zero-order chi connectivity index (χ0) is 20.5. The Hall–Kier alpha value is -4.04. The molecular formula is C20H11F3N4O. The maximum atomic E-state index is 13.1. The molecule has 0 saturated heterocycles. The molecule has 0 unspecified atom stereocenters. The Balaban J connectivity index is 2.38. The highest BCUT2D eigenvalue weighted by Gasteiger charge is 2.30. The topological polar surface area (TPSA) is 106 Å². The van der Waals surface area contributed by atoms with Gasteiger partial charge in [0, 0.05) is 5.56 Å². The molecule has 0 aliphatic rings. The first-order valence-electron chi connectivity index (χ1n) is 7.91. The van der Waals surface area contributed by atoms with Crippen LogP contribution in [0.4, 0.5) is 19.0 Å². The number of benzene rings is 2. The third-order valence-electron chi connectivity index (χ3n) is 4.17. The van der Waals surface area contributed by atoms with E-state index in [1.807, 2.05) is 6.07 Å². The number of nitrogen functional groups attached to an aromatic ring is 1. The van der Waals surface area contributed by atoms with E-state index in [1.165, 1.54) is 18.2 Å². The van der Waals surface area contributed by atoms with E-state index in [1.54, 1.807) is 24.3 Å². The molecule has 0 amide bonds. The summed E-state index contributed by atoms with van der Waals surface area (Å²) in [4.78, 5) is 14.4. The second-order valence-electron chi connectivity index (χ2n) is 5.84. The number of pyridine rings is 1. The Bertz CT molecular complexity index is 1210. The van der Waals surface area contributed by atoms with Crippen molar-refractivity contribution in [3.8, 4) is 34.4 Å². The van der Waals surface area contributed by atoms with Crippen molar-refractivity contribution in [2.24, 2.45) is 0 Å². The van der Waals surface area contributed by atoms with Crippen molar-refractivity contribution in [3.63, 3.8) is 0 Å². The van der Waals surface area contributed by atoms with Crippen LogP contribution in [-0.4, -0.2) is 4.98 Å². The molecule has 3 N–H and O–H groups in total. The highest BCUT2D eigenvalue weighted by molar-refractivity contribution is 5.90. The van der Waals surface area contributed by atoms with Gasteiger partial charge in [0.05, 0.1) is 5.56 Å². The number of rotatable bonds is 2. The zero-order valence-corrected chi connectivity index (χ0v) is 14.1. The molecule has 2 aromatic carbocycles. The predicted molar refractivity (Wildman–Crippen MR) is 96.8 cm³/mol. The van der Waals surface area contributed by atoms with E-state index in [0.717, 1.165) is 12.1 Å². The van der Waals surface area contributed by atoms with E-state index in [0.29, 0.717) is 5.56 Å². The summed E-state index contributed by atoms with van der Waals surface area (Å²) in [6, 6.07) is 14.5. The Morgan fingerprint density at radius 1 is 0.929 bits per heavy atom. The number of hydrogen-bond donors (Lipinski definition) is 2. The second-order valence-corrected chi connectivity index (χ2v) is 5.84. The standard InChI is InChI=1S/C20H11F3N4O/c21-20(22,23)12-5-3-4-11(8-12)13-6-1-2-7-14(13)17-15(9-24)18(26)27-19(28)16(17)10-25/h1-8H,(H3,26,27,28). The molecule has 28 heavy (non-hydrogen) atoms. The molecule has 1 aromatic heterocycles. The minimum absolute atomic E-state index is 0.0146. The number of hydrogen-bond acceptors (Lipinski definition) is 4. The lowest BCUT2D eigenvalue weighted by atomic mass is 9.89. The summed E-state index contributed by atoms with van der Waals surface area (Å²) in [6.07, 6.45) is -4.53. The van der Waals surface area contributed by atoms with E-state index < -0.39 is 17.3 Å². The minimum atomic E-state index is -4.53. The average molecular weight is 380 g/mol. The second kappa shape index (κ2) is 6.93. The van der Waals surface area contributed by atoms with Crippen LogP contribution in [0.15, 0.2) is 53.3 Å². The van der Waals surface area contributed by atoms with Gasteiger partial charge < -0.3 is 10.7 Å². The van der Waals surface area contributed by atoms with Crippen LogP contribution >= 0.6 is 0 Å². The number of aromatic nitrogens is 1. The van der Waals surface area contributed by atoms with Gasteiger partial charge in [0.25, 0.3) is 5.56 Å². The van der Waals surface area contributed by atoms with Crippen molar-refractivity contribution in [2.45, 2.75) is 6.18 Å². The van der Waals surface area contributed by atoms with Crippen LogP contribution in [0.2, 0.25) is 0 Å². The maximum Gasteiger partial charge on any atom is 0.416 e. The first kappa shape index (κ1) is 18.7. The number of aromatic amines is 1. The summed E-state index contributed by atoms with van der Waals surface area (Å²) in [5, 5.41) is 18.9. The Kier molecular flexibility index (Phi) is 4.64. The molecule has 0 saturated carbocycles. The van der Waals surface area contributed by atoms with E-state index >= 15 is 0 Å². The van der Waals surface area contributed by atoms with Crippen LogP contribution in [0.3, 0.4) is 0 Å². The minimum Gasteiger partial charge on any atom is -0.384 e. The van der Waals surface area contributed by atoms with Crippen molar-refractivity contribution in [1.82, 2.24) is 4.98 Å². The fraction of sp³-hybridized carbons (Fsp3) is 0.0500. The monoisotopic (exact) mass is 380 g/mol. The van der Waals surface area contributed by atoms with Crippen molar-refractivity contribution in [3.05, 3.63) is 75.6 Å². The largest absolute Gasteiger partial charge is 0.416 e. The highest BCUT2D eigenvalue weighted by Crippen LogP contribution is 2.38. The van der Waals surface area contributed by atoms with Crippen molar-refractivity contribution >= 4 is 5.82 Å². The number of nitrogens with two attached hydrogens (primary N) is 1.